The maximum Gasteiger partial charge on any atom is 0.295 e. The number of Topliss-reactive ketones (excluding diaryl/α,β-unsaturated/α-hetero) is 1. The zero-order chi connectivity index (χ0) is 25.7. The third-order valence-electron chi connectivity index (χ3n) is 5.97. The molecule has 188 valence electrons. The zero-order valence-corrected chi connectivity index (χ0v) is 21.5. The van der Waals surface area contributed by atoms with Crippen LogP contribution in [0.1, 0.15) is 43.0 Å². The van der Waals surface area contributed by atoms with Crippen molar-refractivity contribution in [3.8, 4) is 11.5 Å². The number of methoxy groups -OCH3 is 1. The molecule has 1 aliphatic heterocycles. The number of aliphatic hydroxyl groups is 1. The lowest BCUT2D eigenvalue weighted by molar-refractivity contribution is -0.139. The number of rotatable bonds is 10. The fraction of sp³-hybridized carbons (Fsp3) is 0.429. The van der Waals surface area contributed by atoms with Gasteiger partial charge in [0.1, 0.15) is 17.3 Å². The van der Waals surface area contributed by atoms with Gasteiger partial charge < -0.3 is 24.4 Å². The number of aliphatic hydroxyl groups excluding tert-OH is 1. The topological polar surface area (TPSA) is 79.3 Å². The molecule has 1 N–H and O–H groups in total. The van der Waals surface area contributed by atoms with Crippen molar-refractivity contribution in [1.29, 1.82) is 0 Å². The Morgan fingerprint density at radius 3 is 2.51 bits per heavy atom. The summed E-state index contributed by atoms with van der Waals surface area (Å²) in [5, 5.41) is 11.3. The molecule has 2 aromatic rings. The predicted octanol–water partition coefficient (Wildman–Crippen LogP) is 4.41. The van der Waals surface area contributed by atoms with E-state index in [0.29, 0.717) is 42.6 Å². The van der Waals surface area contributed by atoms with Gasteiger partial charge in [-0.3, -0.25) is 9.59 Å². The summed E-state index contributed by atoms with van der Waals surface area (Å²) in [4.78, 5) is 30.0. The number of ketones is 1. The summed E-state index contributed by atoms with van der Waals surface area (Å²) in [7, 11) is 5.51. The van der Waals surface area contributed by atoms with Gasteiger partial charge in [-0.25, -0.2) is 0 Å². The first-order valence-electron chi connectivity index (χ1n) is 11.9. The molecule has 7 nitrogen and oxygen atoms in total. The first kappa shape index (κ1) is 26.3. The Balaban J connectivity index is 2.09. The smallest absolute Gasteiger partial charge is 0.295 e. The molecule has 2 aromatic carbocycles. The summed E-state index contributed by atoms with van der Waals surface area (Å²) < 4.78 is 11.2. The van der Waals surface area contributed by atoms with E-state index in [1.165, 1.54) is 0 Å². The number of nitrogens with zero attached hydrogens (tertiary/aromatic N) is 2. The first-order valence-corrected chi connectivity index (χ1v) is 11.9. The quantitative estimate of drug-likeness (QED) is 0.308. The predicted molar refractivity (Wildman–Crippen MR) is 137 cm³/mol. The third kappa shape index (κ3) is 6.03. The lowest BCUT2D eigenvalue weighted by Crippen LogP contribution is -2.32. The third-order valence-corrected chi connectivity index (χ3v) is 5.97. The van der Waals surface area contributed by atoms with Gasteiger partial charge in [-0.15, -0.1) is 0 Å². The molecule has 1 heterocycles. The van der Waals surface area contributed by atoms with Crippen molar-refractivity contribution in [1.82, 2.24) is 9.80 Å². The van der Waals surface area contributed by atoms with Gasteiger partial charge in [-0.1, -0.05) is 26.0 Å². The number of amides is 1. The summed E-state index contributed by atoms with van der Waals surface area (Å²) in [6.07, 6.45) is 0.696. The van der Waals surface area contributed by atoms with Gasteiger partial charge in [0.15, 0.2) is 0 Å². The second-order valence-corrected chi connectivity index (χ2v) is 9.61. The lowest BCUT2D eigenvalue weighted by atomic mass is 9.94. The highest BCUT2D eigenvalue weighted by Gasteiger charge is 2.46. The van der Waals surface area contributed by atoms with E-state index in [2.05, 4.69) is 13.8 Å². The van der Waals surface area contributed by atoms with Crippen molar-refractivity contribution in [2.45, 2.75) is 33.2 Å². The Kier molecular flexibility index (Phi) is 8.57. The minimum Gasteiger partial charge on any atom is -0.507 e. The average molecular weight is 481 g/mol. The van der Waals surface area contributed by atoms with Gasteiger partial charge in [0, 0.05) is 12.1 Å². The monoisotopic (exact) mass is 480 g/mol. The molecule has 1 saturated heterocycles. The van der Waals surface area contributed by atoms with Crippen molar-refractivity contribution in [2.24, 2.45) is 5.92 Å². The molecule has 35 heavy (non-hydrogen) atoms. The minimum absolute atomic E-state index is 0.0884. The number of hydrogen-bond donors (Lipinski definition) is 1. The van der Waals surface area contributed by atoms with Crippen LogP contribution in [0.4, 0.5) is 0 Å². The molecule has 1 atom stereocenters. The highest BCUT2D eigenvalue weighted by molar-refractivity contribution is 6.46. The molecule has 7 heteroatoms. The van der Waals surface area contributed by atoms with Crippen molar-refractivity contribution < 1.29 is 24.2 Å². The van der Waals surface area contributed by atoms with Gasteiger partial charge >= 0.3 is 0 Å². The second-order valence-electron chi connectivity index (χ2n) is 9.61. The summed E-state index contributed by atoms with van der Waals surface area (Å²) in [5.74, 6) is 0.220. The Morgan fingerprint density at radius 1 is 1.14 bits per heavy atom. The van der Waals surface area contributed by atoms with Gasteiger partial charge in [-0.2, -0.15) is 0 Å². The van der Waals surface area contributed by atoms with Gasteiger partial charge in [0.2, 0.25) is 0 Å². The summed E-state index contributed by atoms with van der Waals surface area (Å²) in [5.41, 5.74) is 2.09. The largest absolute Gasteiger partial charge is 0.507 e. The van der Waals surface area contributed by atoms with Crippen LogP contribution in [-0.4, -0.2) is 67.5 Å². The van der Waals surface area contributed by atoms with Crippen LogP contribution in [0.3, 0.4) is 0 Å². The highest BCUT2D eigenvalue weighted by atomic mass is 16.5. The maximum atomic E-state index is 13.2. The Hall–Kier alpha value is -3.32. The molecule has 0 spiro atoms. The second kappa shape index (κ2) is 11.4. The molecule has 0 bridgehead atoms. The highest BCUT2D eigenvalue weighted by Crippen LogP contribution is 2.40. The number of benzene rings is 2. The van der Waals surface area contributed by atoms with Crippen LogP contribution in [0.2, 0.25) is 0 Å². The fourth-order valence-corrected chi connectivity index (χ4v) is 4.23. The summed E-state index contributed by atoms with van der Waals surface area (Å²) in [6.45, 7) is 7.72. The molecule has 0 saturated carbocycles. The SMILES string of the molecule is COc1ccc(/C(O)=C2\C(=O)C(=O)N(CCCN(C)C)C2c2cccc(OCC(C)C)c2)cc1C. The number of likely N-dealkylation sites (tertiary alicyclic amines) is 1. The molecule has 1 fully saturated rings. The van der Waals surface area contributed by atoms with Crippen LogP contribution in [-0.2, 0) is 9.59 Å². The van der Waals surface area contributed by atoms with Crippen LogP contribution in [0.15, 0.2) is 48.0 Å². The Morgan fingerprint density at radius 2 is 1.89 bits per heavy atom. The number of carbonyl (C=O) groups excluding carboxylic acids is 2. The number of aryl methyl sites for hydroxylation is 1. The van der Waals surface area contributed by atoms with Crippen LogP contribution < -0.4 is 9.47 Å². The average Bonchev–Trinajstić information content (AvgIpc) is 3.07. The van der Waals surface area contributed by atoms with Crippen LogP contribution >= 0.6 is 0 Å². The van der Waals surface area contributed by atoms with Crippen LogP contribution in [0, 0.1) is 12.8 Å². The molecule has 3 rings (SSSR count). The minimum atomic E-state index is -0.706. The van der Waals surface area contributed by atoms with Crippen molar-refractivity contribution in [3.05, 3.63) is 64.7 Å². The molecular weight excluding hydrogens is 444 g/mol. The Labute approximate surface area is 207 Å². The summed E-state index contributed by atoms with van der Waals surface area (Å²) >= 11 is 0. The first-order chi connectivity index (χ1) is 16.6. The molecule has 1 amide bonds. The molecule has 0 radical (unpaired) electrons. The van der Waals surface area contributed by atoms with E-state index in [0.717, 1.165) is 17.7 Å². The maximum absolute atomic E-state index is 13.2. The van der Waals surface area contributed by atoms with E-state index >= 15 is 0 Å². The fourth-order valence-electron chi connectivity index (χ4n) is 4.23. The van der Waals surface area contributed by atoms with Crippen molar-refractivity contribution in [2.75, 3.05) is 40.9 Å². The van der Waals surface area contributed by atoms with Gasteiger partial charge in [-0.05, 0) is 81.4 Å². The number of hydrogen-bond acceptors (Lipinski definition) is 6. The van der Waals surface area contributed by atoms with E-state index in [4.69, 9.17) is 9.47 Å². The number of ether oxygens (including phenoxy) is 2. The van der Waals surface area contributed by atoms with E-state index in [1.54, 1.807) is 30.2 Å². The van der Waals surface area contributed by atoms with E-state index in [-0.39, 0.29) is 11.3 Å². The standard InChI is InChI=1S/C28H36N2O5/c1-18(2)17-35-22-10-7-9-20(16-22)25-24(26(31)21-11-12-23(34-6)19(3)15-21)27(32)28(33)30(25)14-8-13-29(4)5/h7,9-12,15-16,18,25,31H,8,13-14,17H2,1-6H3/b26-24+. The lowest BCUT2D eigenvalue weighted by Gasteiger charge is -2.26. The molecular formula is C28H36N2O5. The van der Waals surface area contributed by atoms with Crippen molar-refractivity contribution >= 4 is 17.4 Å². The van der Waals surface area contributed by atoms with Crippen LogP contribution in [0.5, 0.6) is 11.5 Å². The Bertz CT molecular complexity index is 1110. The van der Waals surface area contributed by atoms with Gasteiger partial charge in [0.25, 0.3) is 11.7 Å². The van der Waals surface area contributed by atoms with Crippen LogP contribution in [0.25, 0.3) is 5.76 Å². The molecule has 0 aliphatic carbocycles. The van der Waals surface area contributed by atoms with Crippen molar-refractivity contribution in [3.63, 3.8) is 0 Å². The van der Waals surface area contributed by atoms with E-state index in [9.17, 15) is 14.7 Å². The molecule has 0 aromatic heterocycles. The molecule has 1 aliphatic rings. The van der Waals surface area contributed by atoms with E-state index < -0.39 is 17.7 Å². The number of carbonyl (C=O) groups is 2. The molecule has 1 unspecified atom stereocenters. The summed E-state index contributed by atoms with van der Waals surface area (Å²) in [6, 6.07) is 11.9. The van der Waals surface area contributed by atoms with Gasteiger partial charge in [0.05, 0.1) is 25.3 Å². The van der Waals surface area contributed by atoms with E-state index in [1.807, 2.05) is 50.2 Å². The zero-order valence-electron chi connectivity index (χ0n) is 21.5. The normalized spacial score (nSPS) is 17.5.